The van der Waals surface area contributed by atoms with Gasteiger partial charge in [0.05, 0.1) is 17.8 Å². The van der Waals surface area contributed by atoms with Crippen molar-refractivity contribution in [2.24, 2.45) is 0 Å². The molecule has 1 aliphatic heterocycles. The van der Waals surface area contributed by atoms with Gasteiger partial charge in [-0.3, -0.25) is 4.98 Å². The van der Waals surface area contributed by atoms with E-state index < -0.39 is 0 Å². The average Bonchev–Trinajstić information content (AvgIpc) is 3.46. The number of anilines is 1. The molecule has 1 fully saturated rings. The van der Waals surface area contributed by atoms with Crippen LogP contribution >= 0.6 is 12.2 Å². The van der Waals surface area contributed by atoms with Crippen molar-refractivity contribution in [2.75, 3.05) is 4.90 Å². The number of ether oxygens (including phenoxy) is 1. The number of rotatable bonds is 7. The minimum atomic E-state index is -0.0951. The van der Waals surface area contributed by atoms with E-state index in [0.717, 1.165) is 35.0 Å². The topological polar surface area (TPSA) is 42.3 Å². The van der Waals surface area contributed by atoms with Gasteiger partial charge in [-0.25, -0.2) is 0 Å². The number of nitrogens with one attached hydrogen (secondary N) is 1. The summed E-state index contributed by atoms with van der Waals surface area (Å²) in [6, 6.07) is 35.0. The summed E-state index contributed by atoms with van der Waals surface area (Å²) in [5, 5.41) is 4.27. The molecule has 200 valence electrons. The smallest absolute Gasteiger partial charge is 0.174 e. The molecule has 0 radical (unpaired) electrons. The van der Waals surface area contributed by atoms with Crippen LogP contribution in [0, 0.1) is 20.8 Å². The summed E-state index contributed by atoms with van der Waals surface area (Å²) in [7, 11) is 0. The molecular formula is C34H32N4OS. The van der Waals surface area contributed by atoms with Crippen molar-refractivity contribution in [1.29, 1.82) is 0 Å². The lowest BCUT2D eigenvalue weighted by Gasteiger charge is -2.28. The third-order valence-corrected chi connectivity index (χ3v) is 7.96. The number of nitrogens with zero attached hydrogens (tertiary/aromatic N) is 3. The van der Waals surface area contributed by atoms with E-state index in [2.05, 4.69) is 96.2 Å². The summed E-state index contributed by atoms with van der Waals surface area (Å²) >= 11 is 5.97. The fourth-order valence-corrected chi connectivity index (χ4v) is 5.90. The van der Waals surface area contributed by atoms with Gasteiger partial charge in [-0.15, -0.1) is 0 Å². The summed E-state index contributed by atoms with van der Waals surface area (Å²) in [6.45, 7) is 7.26. The van der Waals surface area contributed by atoms with E-state index in [4.69, 9.17) is 21.9 Å². The molecule has 0 amide bonds. The van der Waals surface area contributed by atoms with Gasteiger partial charge in [0.2, 0.25) is 0 Å². The standard InChI is InChI=1S/C34H32N4OS/c1-23-11-7-8-15-31(23)39-28-18-16-27(17-19-28)38-33(32(36-34(38)40)30-14-9-10-20-35-30)29-21-24(2)37(25(29)3)22-26-12-5-4-6-13-26/h4-21,32-33H,22H2,1-3H3,(H,36,40)/t32-,33+/m0/s1. The zero-order chi connectivity index (χ0) is 27.6. The zero-order valence-corrected chi connectivity index (χ0v) is 23.7. The number of para-hydroxylation sites is 1. The molecule has 3 aromatic carbocycles. The maximum Gasteiger partial charge on any atom is 0.174 e. The molecule has 0 aliphatic carbocycles. The van der Waals surface area contributed by atoms with Crippen LogP contribution in [0.5, 0.6) is 11.5 Å². The third-order valence-electron chi connectivity index (χ3n) is 7.65. The second kappa shape index (κ2) is 11.0. The van der Waals surface area contributed by atoms with Crippen LogP contribution in [0.15, 0.2) is 109 Å². The molecule has 0 saturated carbocycles. The monoisotopic (exact) mass is 544 g/mol. The van der Waals surface area contributed by atoms with E-state index in [1.54, 1.807) is 0 Å². The van der Waals surface area contributed by atoms with Crippen LogP contribution in [0.1, 0.15) is 45.9 Å². The summed E-state index contributed by atoms with van der Waals surface area (Å²) in [5.74, 6) is 1.64. The predicted molar refractivity (Wildman–Crippen MR) is 165 cm³/mol. The van der Waals surface area contributed by atoms with Gasteiger partial charge in [0, 0.05) is 29.8 Å². The van der Waals surface area contributed by atoms with Gasteiger partial charge in [0.1, 0.15) is 11.5 Å². The number of thiocarbonyl (C=S) groups is 1. The summed E-state index contributed by atoms with van der Waals surface area (Å²) in [5.41, 5.74) is 8.02. The Morgan fingerprint density at radius 2 is 1.57 bits per heavy atom. The molecule has 2 atom stereocenters. The number of aromatic nitrogens is 2. The van der Waals surface area contributed by atoms with Crippen LogP contribution in [-0.2, 0) is 6.54 Å². The first-order chi connectivity index (χ1) is 19.5. The maximum absolute atomic E-state index is 6.17. The van der Waals surface area contributed by atoms with Gasteiger partial charge in [0.15, 0.2) is 5.11 Å². The molecule has 1 aliphatic rings. The molecule has 2 aromatic heterocycles. The van der Waals surface area contributed by atoms with Crippen molar-refractivity contribution < 1.29 is 4.74 Å². The lowest BCUT2D eigenvalue weighted by atomic mass is 9.96. The SMILES string of the molecule is Cc1ccccc1Oc1ccc(N2C(=S)N[C@@H](c3ccccn3)[C@H]2c2cc(C)n(Cc3ccccc3)c2C)cc1. The Bertz CT molecular complexity index is 1630. The van der Waals surface area contributed by atoms with E-state index >= 15 is 0 Å². The predicted octanol–water partition coefficient (Wildman–Crippen LogP) is 7.83. The van der Waals surface area contributed by atoms with Crippen LogP contribution in [0.3, 0.4) is 0 Å². The Labute approximate surface area is 241 Å². The molecule has 40 heavy (non-hydrogen) atoms. The van der Waals surface area contributed by atoms with Crippen molar-refractivity contribution in [3.8, 4) is 11.5 Å². The Kier molecular flexibility index (Phi) is 7.10. The van der Waals surface area contributed by atoms with E-state index in [1.165, 1.54) is 22.5 Å². The first kappa shape index (κ1) is 25.8. The quantitative estimate of drug-likeness (QED) is 0.212. The largest absolute Gasteiger partial charge is 0.457 e. The summed E-state index contributed by atoms with van der Waals surface area (Å²) in [6.07, 6.45) is 1.84. The lowest BCUT2D eigenvalue weighted by Crippen LogP contribution is -2.29. The maximum atomic E-state index is 6.17. The first-order valence-corrected chi connectivity index (χ1v) is 13.9. The molecule has 5 aromatic rings. The van der Waals surface area contributed by atoms with Crippen molar-refractivity contribution >= 4 is 23.0 Å². The van der Waals surface area contributed by atoms with E-state index in [9.17, 15) is 0 Å². The molecular weight excluding hydrogens is 512 g/mol. The van der Waals surface area contributed by atoms with Crippen molar-refractivity contribution in [2.45, 2.75) is 39.4 Å². The number of aryl methyl sites for hydroxylation is 2. The number of benzene rings is 3. The van der Waals surface area contributed by atoms with Gasteiger partial charge in [-0.05, 0) is 98.2 Å². The minimum absolute atomic E-state index is 0.0683. The van der Waals surface area contributed by atoms with Gasteiger partial charge >= 0.3 is 0 Å². The molecule has 5 nitrogen and oxygen atoms in total. The first-order valence-electron chi connectivity index (χ1n) is 13.5. The summed E-state index contributed by atoms with van der Waals surface area (Å²) in [4.78, 5) is 6.94. The van der Waals surface area contributed by atoms with Crippen LogP contribution in [-0.4, -0.2) is 14.7 Å². The molecule has 6 heteroatoms. The highest BCUT2D eigenvalue weighted by Gasteiger charge is 2.42. The Balaban J connectivity index is 1.38. The van der Waals surface area contributed by atoms with Crippen molar-refractivity contribution in [3.63, 3.8) is 0 Å². The molecule has 6 rings (SSSR count). The van der Waals surface area contributed by atoms with Crippen LogP contribution in [0.25, 0.3) is 0 Å². The fraction of sp³-hybridized carbons (Fsp3) is 0.176. The van der Waals surface area contributed by atoms with Crippen molar-refractivity contribution in [1.82, 2.24) is 14.9 Å². The zero-order valence-electron chi connectivity index (χ0n) is 22.9. The highest BCUT2D eigenvalue weighted by atomic mass is 32.1. The molecule has 1 N–H and O–H groups in total. The lowest BCUT2D eigenvalue weighted by molar-refractivity contribution is 0.479. The highest BCUT2D eigenvalue weighted by molar-refractivity contribution is 7.80. The molecule has 0 bridgehead atoms. The molecule has 3 heterocycles. The molecule has 1 saturated heterocycles. The number of hydrogen-bond acceptors (Lipinski definition) is 3. The third kappa shape index (κ3) is 4.98. The van der Waals surface area contributed by atoms with Crippen LogP contribution < -0.4 is 15.0 Å². The van der Waals surface area contributed by atoms with Crippen molar-refractivity contribution in [3.05, 3.63) is 143 Å². The van der Waals surface area contributed by atoms with Gasteiger partial charge in [-0.2, -0.15) is 0 Å². The Morgan fingerprint density at radius 1 is 0.850 bits per heavy atom. The highest BCUT2D eigenvalue weighted by Crippen LogP contribution is 2.43. The Morgan fingerprint density at radius 3 is 2.30 bits per heavy atom. The molecule has 0 spiro atoms. The second-order valence-electron chi connectivity index (χ2n) is 10.3. The molecule has 0 unspecified atom stereocenters. The van der Waals surface area contributed by atoms with Gasteiger partial charge < -0.3 is 19.5 Å². The van der Waals surface area contributed by atoms with E-state index in [1.807, 2.05) is 48.7 Å². The second-order valence-corrected chi connectivity index (χ2v) is 10.6. The van der Waals surface area contributed by atoms with E-state index in [0.29, 0.717) is 5.11 Å². The number of hydrogen-bond donors (Lipinski definition) is 1. The van der Waals surface area contributed by atoms with Crippen LogP contribution in [0.2, 0.25) is 0 Å². The average molecular weight is 545 g/mol. The van der Waals surface area contributed by atoms with Crippen LogP contribution in [0.4, 0.5) is 5.69 Å². The van der Waals surface area contributed by atoms with Gasteiger partial charge in [-0.1, -0.05) is 54.6 Å². The normalized spacial score (nSPS) is 16.7. The van der Waals surface area contributed by atoms with E-state index in [-0.39, 0.29) is 12.1 Å². The number of pyridine rings is 1. The Hall–Kier alpha value is -4.42. The fourth-order valence-electron chi connectivity index (χ4n) is 5.56. The summed E-state index contributed by atoms with van der Waals surface area (Å²) < 4.78 is 8.56. The minimum Gasteiger partial charge on any atom is -0.457 e. The van der Waals surface area contributed by atoms with Gasteiger partial charge in [0.25, 0.3) is 0 Å².